The average Bonchev–Trinajstić information content (AvgIpc) is 3.08. The van der Waals surface area contributed by atoms with E-state index in [0.29, 0.717) is 12.0 Å². The molecule has 1 saturated heterocycles. The van der Waals surface area contributed by atoms with Gasteiger partial charge in [-0.05, 0) is 61.0 Å². The Bertz CT molecular complexity index is 378. The van der Waals surface area contributed by atoms with E-state index in [0.717, 1.165) is 6.42 Å². The monoisotopic (exact) mass is 279 g/mol. The van der Waals surface area contributed by atoms with Gasteiger partial charge < -0.3 is 5.11 Å². The molecule has 0 spiro atoms. The summed E-state index contributed by atoms with van der Waals surface area (Å²) in [7, 11) is 0. The van der Waals surface area contributed by atoms with Gasteiger partial charge in [-0.2, -0.15) is 11.3 Å². The molecule has 0 bridgehead atoms. The third-order valence-electron chi connectivity index (χ3n) is 4.96. The van der Waals surface area contributed by atoms with Crippen LogP contribution in [0.1, 0.15) is 44.1 Å². The zero-order valence-corrected chi connectivity index (χ0v) is 12.4. The SMILES string of the molecule is OC1CCCC1C1CCCCN1CCc1ccsc1. The van der Waals surface area contributed by atoms with E-state index in [-0.39, 0.29) is 6.10 Å². The third-order valence-corrected chi connectivity index (χ3v) is 5.69. The Kier molecular flexibility index (Phi) is 4.57. The summed E-state index contributed by atoms with van der Waals surface area (Å²) in [4.78, 5) is 2.67. The lowest BCUT2D eigenvalue weighted by molar-refractivity contribution is 0.0362. The van der Waals surface area contributed by atoms with E-state index in [9.17, 15) is 5.11 Å². The number of piperidine rings is 1. The van der Waals surface area contributed by atoms with Gasteiger partial charge in [0.15, 0.2) is 0 Å². The van der Waals surface area contributed by atoms with Gasteiger partial charge in [0, 0.05) is 18.5 Å². The summed E-state index contributed by atoms with van der Waals surface area (Å²) in [5.74, 6) is 0.544. The van der Waals surface area contributed by atoms with Crippen molar-refractivity contribution in [2.75, 3.05) is 13.1 Å². The molecule has 2 heterocycles. The van der Waals surface area contributed by atoms with Crippen LogP contribution in [0.4, 0.5) is 0 Å². The minimum Gasteiger partial charge on any atom is -0.393 e. The molecule has 2 fully saturated rings. The van der Waals surface area contributed by atoms with Crippen molar-refractivity contribution in [3.05, 3.63) is 22.4 Å². The molecule has 3 heteroatoms. The summed E-state index contributed by atoms with van der Waals surface area (Å²) in [6, 6.07) is 2.89. The second kappa shape index (κ2) is 6.38. The van der Waals surface area contributed by atoms with E-state index in [1.54, 1.807) is 11.3 Å². The minimum absolute atomic E-state index is 0.0354. The first kappa shape index (κ1) is 13.6. The van der Waals surface area contributed by atoms with Crippen molar-refractivity contribution in [1.29, 1.82) is 0 Å². The largest absolute Gasteiger partial charge is 0.393 e. The minimum atomic E-state index is -0.0354. The molecular formula is C16H25NOS. The fourth-order valence-electron chi connectivity index (χ4n) is 3.90. The van der Waals surface area contributed by atoms with Crippen molar-refractivity contribution in [1.82, 2.24) is 4.90 Å². The van der Waals surface area contributed by atoms with Crippen LogP contribution in [0.3, 0.4) is 0 Å². The van der Waals surface area contributed by atoms with Crippen molar-refractivity contribution >= 4 is 11.3 Å². The fraction of sp³-hybridized carbons (Fsp3) is 0.750. The Morgan fingerprint density at radius 3 is 2.89 bits per heavy atom. The van der Waals surface area contributed by atoms with E-state index < -0.39 is 0 Å². The fourth-order valence-corrected chi connectivity index (χ4v) is 4.61. The highest BCUT2D eigenvalue weighted by molar-refractivity contribution is 7.07. The van der Waals surface area contributed by atoms with Gasteiger partial charge in [-0.3, -0.25) is 4.90 Å². The number of hydrogen-bond donors (Lipinski definition) is 1. The predicted molar refractivity (Wildman–Crippen MR) is 80.6 cm³/mol. The number of thiophene rings is 1. The Balaban J connectivity index is 1.60. The van der Waals surface area contributed by atoms with Crippen molar-refractivity contribution in [2.45, 2.75) is 57.1 Å². The lowest BCUT2D eigenvalue weighted by Gasteiger charge is -2.40. The van der Waals surface area contributed by atoms with Crippen molar-refractivity contribution in [3.8, 4) is 0 Å². The van der Waals surface area contributed by atoms with Crippen LogP contribution in [-0.4, -0.2) is 35.2 Å². The van der Waals surface area contributed by atoms with Crippen molar-refractivity contribution in [2.24, 2.45) is 5.92 Å². The number of aliphatic hydroxyl groups excluding tert-OH is 1. The molecule has 3 atom stereocenters. The first-order chi connectivity index (χ1) is 9.34. The average molecular weight is 279 g/mol. The van der Waals surface area contributed by atoms with Gasteiger partial charge in [0.05, 0.1) is 6.10 Å². The van der Waals surface area contributed by atoms with E-state index in [2.05, 4.69) is 21.7 Å². The van der Waals surface area contributed by atoms with E-state index in [1.807, 2.05) is 0 Å². The Morgan fingerprint density at radius 2 is 2.16 bits per heavy atom. The molecule has 19 heavy (non-hydrogen) atoms. The molecule has 3 rings (SSSR count). The number of rotatable bonds is 4. The zero-order valence-electron chi connectivity index (χ0n) is 11.6. The maximum atomic E-state index is 10.2. The zero-order chi connectivity index (χ0) is 13.1. The topological polar surface area (TPSA) is 23.5 Å². The molecule has 0 aromatic carbocycles. The summed E-state index contributed by atoms with van der Waals surface area (Å²) >= 11 is 1.79. The summed E-state index contributed by atoms with van der Waals surface area (Å²) in [5, 5.41) is 14.6. The molecule has 1 N–H and O–H groups in total. The molecular weight excluding hydrogens is 254 g/mol. The highest BCUT2D eigenvalue weighted by atomic mass is 32.1. The van der Waals surface area contributed by atoms with Crippen LogP contribution in [-0.2, 0) is 6.42 Å². The van der Waals surface area contributed by atoms with Gasteiger partial charge in [-0.15, -0.1) is 0 Å². The second-order valence-electron chi connectivity index (χ2n) is 6.14. The summed E-state index contributed by atoms with van der Waals surface area (Å²) < 4.78 is 0. The predicted octanol–water partition coefficient (Wildman–Crippen LogP) is 3.31. The summed E-state index contributed by atoms with van der Waals surface area (Å²) in [5.41, 5.74) is 1.47. The van der Waals surface area contributed by atoms with Crippen LogP contribution >= 0.6 is 11.3 Å². The van der Waals surface area contributed by atoms with E-state index >= 15 is 0 Å². The second-order valence-corrected chi connectivity index (χ2v) is 6.92. The lowest BCUT2D eigenvalue weighted by Crippen LogP contribution is -2.47. The Labute approximate surface area is 120 Å². The van der Waals surface area contributed by atoms with Crippen LogP contribution in [0.5, 0.6) is 0 Å². The smallest absolute Gasteiger partial charge is 0.0583 e. The maximum Gasteiger partial charge on any atom is 0.0583 e. The van der Waals surface area contributed by atoms with Gasteiger partial charge in [-0.25, -0.2) is 0 Å². The van der Waals surface area contributed by atoms with Gasteiger partial charge in [-0.1, -0.05) is 12.8 Å². The van der Waals surface area contributed by atoms with Crippen LogP contribution in [0.25, 0.3) is 0 Å². The van der Waals surface area contributed by atoms with Gasteiger partial charge in [0.25, 0.3) is 0 Å². The molecule has 0 amide bonds. The Hall–Kier alpha value is -0.380. The normalized spacial score (nSPS) is 32.8. The third kappa shape index (κ3) is 3.21. The van der Waals surface area contributed by atoms with Gasteiger partial charge in [0.1, 0.15) is 0 Å². The quantitative estimate of drug-likeness (QED) is 0.914. The molecule has 0 radical (unpaired) electrons. The highest BCUT2D eigenvalue weighted by Crippen LogP contribution is 2.35. The molecule has 1 aromatic rings. The summed E-state index contributed by atoms with van der Waals surface area (Å²) in [6.07, 6.45) is 8.60. The molecule has 3 unspecified atom stereocenters. The van der Waals surface area contributed by atoms with E-state index in [1.165, 1.54) is 57.2 Å². The molecule has 1 aliphatic heterocycles. The number of nitrogens with zero attached hydrogens (tertiary/aromatic N) is 1. The van der Waals surface area contributed by atoms with Crippen LogP contribution in [0.15, 0.2) is 16.8 Å². The van der Waals surface area contributed by atoms with Crippen LogP contribution in [0, 0.1) is 5.92 Å². The Morgan fingerprint density at radius 1 is 1.21 bits per heavy atom. The molecule has 1 aliphatic carbocycles. The van der Waals surface area contributed by atoms with Crippen LogP contribution in [0.2, 0.25) is 0 Å². The molecule has 1 aromatic heterocycles. The number of aliphatic hydroxyl groups is 1. The number of likely N-dealkylation sites (tertiary alicyclic amines) is 1. The lowest BCUT2D eigenvalue weighted by atomic mass is 9.87. The van der Waals surface area contributed by atoms with Gasteiger partial charge >= 0.3 is 0 Å². The molecule has 2 nitrogen and oxygen atoms in total. The molecule has 1 saturated carbocycles. The van der Waals surface area contributed by atoms with Gasteiger partial charge in [0.2, 0.25) is 0 Å². The van der Waals surface area contributed by atoms with Crippen molar-refractivity contribution < 1.29 is 5.11 Å². The highest BCUT2D eigenvalue weighted by Gasteiger charge is 2.36. The van der Waals surface area contributed by atoms with Crippen LogP contribution < -0.4 is 0 Å². The first-order valence-electron chi connectivity index (χ1n) is 7.78. The number of hydrogen-bond acceptors (Lipinski definition) is 3. The standard InChI is InChI=1S/C16H25NOS/c18-16-6-3-4-14(16)15-5-1-2-9-17(15)10-7-13-8-11-19-12-13/h8,11-12,14-16,18H,1-7,9-10H2. The maximum absolute atomic E-state index is 10.2. The van der Waals surface area contributed by atoms with E-state index in [4.69, 9.17) is 0 Å². The summed E-state index contributed by atoms with van der Waals surface area (Å²) in [6.45, 7) is 2.41. The molecule has 106 valence electrons. The first-order valence-corrected chi connectivity index (χ1v) is 8.72. The van der Waals surface area contributed by atoms with Crippen molar-refractivity contribution in [3.63, 3.8) is 0 Å². The molecule has 2 aliphatic rings.